The van der Waals surface area contributed by atoms with Crippen molar-refractivity contribution in [3.8, 4) is 0 Å². The Morgan fingerprint density at radius 2 is 2.19 bits per heavy atom. The van der Waals surface area contributed by atoms with Crippen molar-refractivity contribution < 1.29 is 0 Å². The molecule has 1 aromatic rings. The number of hydrogen-bond acceptors (Lipinski definition) is 3. The van der Waals surface area contributed by atoms with Gasteiger partial charge in [-0.25, -0.2) is 4.68 Å². The molecular weight excluding hydrogens is 320 g/mol. The Bertz CT molecular complexity index is 806. The van der Waals surface area contributed by atoms with Gasteiger partial charge in [0, 0.05) is 48.7 Å². The third-order valence-corrected chi connectivity index (χ3v) is 5.89. The quantitative estimate of drug-likeness (QED) is 0.800. The molecule has 4 rings (SSSR count). The van der Waals surface area contributed by atoms with Crippen molar-refractivity contribution in [1.29, 1.82) is 0 Å². The number of likely N-dealkylation sites (tertiary alicyclic amines) is 1. The third kappa shape index (κ3) is 3.20. The first kappa shape index (κ1) is 17.1. The van der Waals surface area contributed by atoms with E-state index in [2.05, 4.69) is 59.3 Å². The summed E-state index contributed by atoms with van der Waals surface area (Å²) in [6.45, 7) is 5.69. The predicted octanol–water partition coefficient (Wildman–Crippen LogP) is 4.59. The van der Waals surface area contributed by atoms with Gasteiger partial charge in [0.05, 0.1) is 6.04 Å². The monoisotopic (exact) mass is 348 g/mol. The highest BCUT2D eigenvalue weighted by Crippen LogP contribution is 2.35. The number of hydrogen-bond donors (Lipinski definition) is 0. The van der Waals surface area contributed by atoms with Crippen LogP contribution in [0.15, 0.2) is 58.5 Å². The largest absolute Gasteiger partial charge is 0.365 e. The van der Waals surface area contributed by atoms with Gasteiger partial charge in [0.15, 0.2) is 0 Å². The van der Waals surface area contributed by atoms with Gasteiger partial charge in [-0.05, 0) is 68.4 Å². The molecule has 136 valence electrons. The smallest absolute Gasteiger partial charge is 0.0512 e. The number of aryl methyl sites for hydroxylation is 1. The molecule has 1 saturated heterocycles. The molecule has 0 amide bonds. The van der Waals surface area contributed by atoms with E-state index in [1.54, 1.807) is 0 Å². The van der Waals surface area contributed by atoms with Crippen LogP contribution in [-0.4, -0.2) is 33.5 Å². The van der Waals surface area contributed by atoms with Crippen molar-refractivity contribution in [1.82, 2.24) is 14.7 Å². The summed E-state index contributed by atoms with van der Waals surface area (Å²) in [5, 5.41) is 4.44. The van der Waals surface area contributed by atoms with Gasteiger partial charge in [0.1, 0.15) is 0 Å². The molecule has 3 aliphatic rings. The maximum Gasteiger partial charge on any atom is 0.0512 e. The molecule has 0 N–H and O–H groups in total. The highest BCUT2D eigenvalue weighted by molar-refractivity contribution is 5.74. The first-order valence-corrected chi connectivity index (χ1v) is 9.85. The Morgan fingerprint density at radius 1 is 1.27 bits per heavy atom. The molecule has 0 aliphatic carbocycles. The van der Waals surface area contributed by atoms with Gasteiger partial charge in [-0.2, -0.15) is 5.10 Å². The number of allylic oxidation sites excluding steroid dienone is 4. The lowest BCUT2D eigenvalue weighted by Gasteiger charge is -2.33. The molecule has 1 aromatic heterocycles. The Morgan fingerprint density at radius 3 is 3.08 bits per heavy atom. The molecule has 4 heterocycles. The van der Waals surface area contributed by atoms with E-state index in [1.165, 1.54) is 35.4 Å². The molecule has 4 heteroatoms. The number of nitrogens with zero attached hydrogens (tertiary/aromatic N) is 4. The van der Waals surface area contributed by atoms with Crippen LogP contribution in [0.2, 0.25) is 0 Å². The van der Waals surface area contributed by atoms with Crippen LogP contribution in [-0.2, 0) is 6.42 Å². The standard InChI is InChI=1S/C22H28N4/c1-3-18-8-12-23-13-10-20(18)22-5-4-15-25(22)21-11-16-26-19(9-14-24-26)7-6-17(21)2/h8-14,16,18,22H,3-7,15H2,1-2H3. The van der Waals surface area contributed by atoms with E-state index >= 15 is 0 Å². The van der Waals surface area contributed by atoms with Crippen molar-refractivity contribution in [2.45, 2.75) is 52.0 Å². The minimum atomic E-state index is 0.472. The fourth-order valence-corrected chi connectivity index (χ4v) is 4.44. The molecule has 26 heavy (non-hydrogen) atoms. The van der Waals surface area contributed by atoms with Crippen LogP contribution in [0.5, 0.6) is 0 Å². The van der Waals surface area contributed by atoms with Crippen molar-refractivity contribution in [3.63, 3.8) is 0 Å². The second-order valence-corrected chi connectivity index (χ2v) is 7.42. The van der Waals surface area contributed by atoms with E-state index in [-0.39, 0.29) is 0 Å². The summed E-state index contributed by atoms with van der Waals surface area (Å²) in [5.41, 5.74) is 5.66. The molecule has 2 atom stereocenters. The maximum atomic E-state index is 4.44. The first-order chi connectivity index (χ1) is 12.8. The number of fused-ring (bicyclic) bond motifs is 1. The number of rotatable bonds is 3. The molecule has 0 saturated carbocycles. The molecule has 0 aromatic carbocycles. The maximum absolute atomic E-state index is 4.44. The minimum absolute atomic E-state index is 0.472. The van der Waals surface area contributed by atoms with E-state index in [0.29, 0.717) is 12.0 Å². The van der Waals surface area contributed by atoms with Crippen LogP contribution < -0.4 is 0 Å². The van der Waals surface area contributed by atoms with Gasteiger partial charge in [0.2, 0.25) is 0 Å². The summed E-state index contributed by atoms with van der Waals surface area (Å²) < 4.78 is 2.02. The van der Waals surface area contributed by atoms with E-state index < -0.39 is 0 Å². The highest BCUT2D eigenvalue weighted by Gasteiger charge is 2.32. The zero-order valence-corrected chi connectivity index (χ0v) is 15.8. The van der Waals surface area contributed by atoms with Crippen molar-refractivity contribution in [3.05, 3.63) is 59.2 Å². The van der Waals surface area contributed by atoms with Crippen molar-refractivity contribution in [2.75, 3.05) is 6.54 Å². The lowest BCUT2D eigenvalue weighted by atomic mass is 9.88. The molecule has 1 fully saturated rings. The zero-order valence-electron chi connectivity index (χ0n) is 15.8. The minimum Gasteiger partial charge on any atom is -0.365 e. The highest BCUT2D eigenvalue weighted by atomic mass is 15.3. The van der Waals surface area contributed by atoms with E-state index in [4.69, 9.17) is 0 Å². The molecule has 0 radical (unpaired) electrons. The average molecular weight is 348 g/mol. The van der Waals surface area contributed by atoms with Crippen LogP contribution >= 0.6 is 0 Å². The van der Waals surface area contributed by atoms with Crippen molar-refractivity contribution >= 4 is 12.4 Å². The van der Waals surface area contributed by atoms with Gasteiger partial charge in [-0.3, -0.25) is 4.99 Å². The third-order valence-electron chi connectivity index (χ3n) is 5.89. The van der Waals surface area contributed by atoms with Crippen molar-refractivity contribution in [2.24, 2.45) is 10.9 Å². The summed E-state index contributed by atoms with van der Waals surface area (Å²) in [7, 11) is 0. The SMILES string of the molecule is CCC1C=CN=CC=C1C1CCCN1C1=C(C)CCc2ccnn2C=C1. The Kier molecular flexibility index (Phi) is 4.91. The molecule has 0 bridgehead atoms. The normalized spacial score (nSPS) is 25.8. The molecule has 0 spiro atoms. The van der Waals surface area contributed by atoms with Crippen LogP contribution in [0.25, 0.3) is 6.20 Å². The molecule has 2 unspecified atom stereocenters. The topological polar surface area (TPSA) is 33.4 Å². The Balaban J connectivity index is 1.66. The molecular formula is C22H28N4. The van der Waals surface area contributed by atoms with E-state index in [1.807, 2.05) is 23.3 Å². The average Bonchev–Trinajstić information content (AvgIpc) is 3.22. The second-order valence-electron chi connectivity index (χ2n) is 7.42. The van der Waals surface area contributed by atoms with Crippen LogP contribution in [0, 0.1) is 5.92 Å². The fourth-order valence-electron chi connectivity index (χ4n) is 4.44. The molecule has 3 aliphatic heterocycles. The summed E-state index contributed by atoms with van der Waals surface area (Å²) in [5.74, 6) is 0.485. The van der Waals surface area contributed by atoms with E-state index in [9.17, 15) is 0 Å². The molecule has 4 nitrogen and oxygen atoms in total. The second kappa shape index (κ2) is 7.48. The Labute approximate surface area is 156 Å². The summed E-state index contributed by atoms with van der Waals surface area (Å²) in [6, 6.07) is 2.59. The van der Waals surface area contributed by atoms with Crippen LogP contribution in [0.3, 0.4) is 0 Å². The summed E-state index contributed by atoms with van der Waals surface area (Å²) in [4.78, 5) is 6.98. The number of aromatic nitrogens is 2. The summed E-state index contributed by atoms with van der Waals surface area (Å²) in [6.07, 6.45) is 20.5. The van der Waals surface area contributed by atoms with Crippen LogP contribution in [0.4, 0.5) is 0 Å². The van der Waals surface area contributed by atoms with Crippen LogP contribution in [0.1, 0.15) is 45.2 Å². The lowest BCUT2D eigenvalue weighted by Crippen LogP contribution is -2.33. The fraction of sp³-hybridized carbons (Fsp3) is 0.455. The van der Waals surface area contributed by atoms with Gasteiger partial charge in [0.25, 0.3) is 0 Å². The predicted molar refractivity (Wildman–Crippen MR) is 108 cm³/mol. The lowest BCUT2D eigenvalue weighted by molar-refractivity contribution is 0.345. The first-order valence-electron chi connectivity index (χ1n) is 9.85. The zero-order chi connectivity index (χ0) is 17.9. The van der Waals surface area contributed by atoms with Gasteiger partial charge in [-0.15, -0.1) is 0 Å². The van der Waals surface area contributed by atoms with Gasteiger partial charge in [-0.1, -0.05) is 13.0 Å². The van der Waals surface area contributed by atoms with E-state index in [0.717, 1.165) is 25.8 Å². The Hall–Kier alpha value is -2.36. The van der Waals surface area contributed by atoms with Gasteiger partial charge < -0.3 is 4.90 Å². The summed E-state index contributed by atoms with van der Waals surface area (Å²) >= 11 is 0. The van der Waals surface area contributed by atoms with Gasteiger partial charge >= 0.3 is 0 Å². The number of aliphatic imine (C=N–C) groups is 1.